The molecule has 106 valence electrons. The van der Waals surface area contributed by atoms with Gasteiger partial charge in [0.25, 0.3) is 0 Å². The van der Waals surface area contributed by atoms with E-state index in [2.05, 4.69) is 0 Å². The predicted molar refractivity (Wildman–Crippen MR) is 75.6 cm³/mol. The van der Waals surface area contributed by atoms with Gasteiger partial charge in [0.05, 0.1) is 12.2 Å². The van der Waals surface area contributed by atoms with Gasteiger partial charge in [-0.3, -0.25) is 0 Å². The second-order valence-electron chi connectivity index (χ2n) is 6.14. The molecule has 0 spiro atoms. The van der Waals surface area contributed by atoms with Crippen LogP contribution in [0.3, 0.4) is 0 Å². The molecule has 0 aromatic heterocycles. The molecule has 3 N–H and O–H groups in total. The highest BCUT2D eigenvalue weighted by molar-refractivity contribution is 5.48. The third-order valence-electron chi connectivity index (χ3n) is 4.49. The minimum absolute atomic E-state index is 0.0925. The molecule has 5 unspecified atom stereocenters. The van der Waals surface area contributed by atoms with Crippen LogP contribution >= 0.6 is 0 Å². The van der Waals surface area contributed by atoms with Gasteiger partial charge >= 0.3 is 0 Å². The van der Waals surface area contributed by atoms with E-state index >= 15 is 0 Å². The summed E-state index contributed by atoms with van der Waals surface area (Å²) in [6.45, 7) is 7.75. The fourth-order valence-corrected chi connectivity index (χ4v) is 3.10. The van der Waals surface area contributed by atoms with Crippen LogP contribution in [0.25, 0.3) is 0 Å². The molecule has 19 heavy (non-hydrogen) atoms. The fraction of sp³-hybridized carbons (Fsp3) is 0.625. The Morgan fingerprint density at radius 3 is 2.37 bits per heavy atom. The molecule has 5 atom stereocenters. The Morgan fingerprint density at radius 1 is 1.16 bits per heavy atom. The first-order valence-corrected chi connectivity index (χ1v) is 7.01. The van der Waals surface area contributed by atoms with Crippen molar-refractivity contribution in [1.82, 2.24) is 0 Å². The van der Waals surface area contributed by atoms with E-state index in [4.69, 9.17) is 0 Å². The first-order chi connectivity index (χ1) is 8.82. The van der Waals surface area contributed by atoms with Crippen LogP contribution in [-0.2, 0) is 0 Å². The van der Waals surface area contributed by atoms with Crippen LogP contribution < -0.4 is 0 Å². The molecule has 0 fully saturated rings. The molecule has 0 saturated carbocycles. The highest BCUT2D eigenvalue weighted by atomic mass is 16.3. The average Bonchev–Trinajstić information content (AvgIpc) is 2.37. The third kappa shape index (κ3) is 2.49. The Balaban J connectivity index is 2.39. The molecule has 0 bridgehead atoms. The summed E-state index contributed by atoms with van der Waals surface area (Å²) in [5, 5.41) is 30.2. The summed E-state index contributed by atoms with van der Waals surface area (Å²) in [7, 11) is 0. The second-order valence-corrected chi connectivity index (χ2v) is 6.14. The molecule has 2 aliphatic carbocycles. The van der Waals surface area contributed by atoms with Crippen LogP contribution in [0.4, 0.5) is 0 Å². The van der Waals surface area contributed by atoms with Gasteiger partial charge in [-0.15, -0.1) is 0 Å². The predicted octanol–water partition coefficient (Wildman–Crippen LogP) is 2.72. The van der Waals surface area contributed by atoms with Crippen molar-refractivity contribution in [3.63, 3.8) is 0 Å². The lowest BCUT2D eigenvalue weighted by molar-refractivity contribution is 0.0756. The molecule has 0 aromatic carbocycles. The van der Waals surface area contributed by atoms with Crippen LogP contribution in [0.1, 0.15) is 34.1 Å². The molecular formula is C16H24O3. The zero-order valence-electron chi connectivity index (χ0n) is 12.1. The summed E-state index contributed by atoms with van der Waals surface area (Å²) in [5.41, 5.74) is 2.80. The molecule has 0 amide bonds. The monoisotopic (exact) mass is 264 g/mol. The van der Waals surface area contributed by atoms with Gasteiger partial charge in [0.1, 0.15) is 5.76 Å². The average molecular weight is 264 g/mol. The third-order valence-corrected chi connectivity index (χ3v) is 4.49. The number of rotatable bonds is 1. The van der Waals surface area contributed by atoms with Crippen molar-refractivity contribution in [2.45, 2.75) is 46.3 Å². The Morgan fingerprint density at radius 2 is 1.79 bits per heavy atom. The van der Waals surface area contributed by atoms with E-state index in [1.165, 1.54) is 0 Å². The number of allylic oxidation sites excluding steroid dienone is 3. The lowest BCUT2D eigenvalue weighted by atomic mass is 9.76. The smallest absolute Gasteiger partial charge is 0.105 e. The minimum atomic E-state index is -0.603. The number of hydrogen-bond donors (Lipinski definition) is 3. The van der Waals surface area contributed by atoms with Crippen molar-refractivity contribution in [3.8, 4) is 0 Å². The molecule has 3 heteroatoms. The van der Waals surface area contributed by atoms with Crippen LogP contribution in [-0.4, -0.2) is 27.5 Å². The Hall–Kier alpha value is -1.06. The number of hydrogen-bond acceptors (Lipinski definition) is 3. The summed E-state index contributed by atoms with van der Waals surface area (Å²) < 4.78 is 0. The summed E-state index contributed by atoms with van der Waals surface area (Å²) >= 11 is 0. The van der Waals surface area contributed by atoms with Gasteiger partial charge in [-0.2, -0.15) is 0 Å². The Kier molecular flexibility index (Phi) is 3.88. The molecule has 0 aromatic rings. The van der Waals surface area contributed by atoms with Gasteiger partial charge in [0.2, 0.25) is 0 Å². The number of aliphatic hydroxyl groups excluding tert-OH is 3. The first-order valence-electron chi connectivity index (χ1n) is 7.01. The van der Waals surface area contributed by atoms with Crippen molar-refractivity contribution in [3.05, 3.63) is 34.6 Å². The zero-order chi connectivity index (χ0) is 14.3. The topological polar surface area (TPSA) is 60.7 Å². The van der Waals surface area contributed by atoms with Gasteiger partial charge in [0, 0.05) is 17.4 Å². The standard InChI is InChI=1S/C16H24O3/c1-8-5-12(6-9(2)14(8)17)13-7-10(3)15(18)11(4)16(13)19/h5,7-9,11,14-15,17-19H,6H2,1-4H3. The van der Waals surface area contributed by atoms with Crippen LogP contribution in [0.5, 0.6) is 0 Å². The molecular weight excluding hydrogens is 240 g/mol. The molecule has 0 aliphatic heterocycles. The van der Waals surface area contributed by atoms with E-state index in [-0.39, 0.29) is 29.6 Å². The van der Waals surface area contributed by atoms with Gasteiger partial charge in [-0.05, 0) is 36.5 Å². The molecule has 0 saturated heterocycles. The maximum Gasteiger partial charge on any atom is 0.105 e. The normalized spacial score (nSPS) is 40.0. The second kappa shape index (κ2) is 5.14. The SMILES string of the molecule is CC1=CC(C2=CC(C)C(O)C(C)C2)=C(O)C(C)C1O. The summed E-state index contributed by atoms with van der Waals surface area (Å²) in [4.78, 5) is 0. The van der Waals surface area contributed by atoms with E-state index in [1.54, 1.807) is 0 Å². The van der Waals surface area contributed by atoms with Gasteiger partial charge in [-0.25, -0.2) is 0 Å². The van der Waals surface area contributed by atoms with Crippen molar-refractivity contribution in [2.75, 3.05) is 0 Å². The van der Waals surface area contributed by atoms with Crippen LogP contribution in [0.2, 0.25) is 0 Å². The quantitative estimate of drug-likeness (QED) is 0.682. The van der Waals surface area contributed by atoms with Gasteiger partial charge in [-0.1, -0.05) is 26.8 Å². The molecule has 2 rings (SSSR count). The van der Waals surface area contributed by atoms with Crippen LogP contribution in [0, 0.1) is 17.8 Å². The summed E-state index contributed by atoms with van der Waals surface area (Å²) in [5.74, 6) is 0.277. The molecule has 0 radical (unpaired) electrons. The molecule has 3 nitrogen and oxygen atoms in total. The van der Waals surface area contributed by atoms with Gasteiger partial charge in [0.15, 0.2) is 0 Å². The van der Waals surface area contributed by atoms with E-state index in [0.717, 1.165) is 23.1 Å². The molecule has 0 heterocycles. The lowest BCUT2D eigenvalue weighted by Crippen LogP contribution is -2.30. The van der Waals surface area contributed by atoms with E-state index < -0.39 is 6.10 Å². The van der Waals surface area contributed by atoms with Crippen LogP contribution in [0.15, 0.2) is 34.6 Å². The van der Waals surface area contributed by atoms with E-state index in [9.17, 15) is 15.3 Å². The zero-order valence-corrected chi connectivity index (χ0v) is 12.1. The maximum absolute atomic E-state index is 10.3. The Bertz CT molecular complexity index is 459. The van der Waals surface area contributed by atoms with E-state index in [1.807, 2.05) is 39.8 Å². The van der Waals surface area contributed by atoms with Crippen molar-refractivity contribution in [1.29, 1.82) is 0 Å². The Labute approximate surface area is 115 Å². The fourth-order valence-electron chi connectivity index (χ4n) is 3.10. The lowest BCUT2D eigenvalue weighted by Gasteiger charge is -2.33. The summed E-state index contributed by atoms with van der Waals surface area (Å²) in [6, 6.07) is 0. The van der Waals surface area contributed by atoms with Gasteiger partial charge < -0.3 is 15.3 Å². The van der Waals surface area contributed by atoms with E-state index in [0.29, 0.717) is 0 Å². The van der Waals surface area contributed by atoms with Crippen molar-refractivity contribution < 1.29 is 15.3 Å². The summed E-state index contributed by atoms with van der Waals surface area (Å²) in [6.07, 6.45) is 3.77. The minimum Gasteiger partial charge on any atom is -0.511 e. The highest BCUT2D eigenvalue weighted by Gasteiger charge is 2.32. The van der Waals surface area contributed by atoms with Crippen molar-refractivity contribution >= 4 is 0 Å². The maximum atomic E-state index is 10.3. The highest BCUT2D eigenvalue weighted by Crippen LogP contribution is 2.38. The van der Waals surface area contributed by atoms with Crippen molar-refractivity contribution in [2.24, 2.45) is 17.8 Å². The largest absolute Gasteiger partial charge is 0.511 e. The first kappa shape index (κ1) is 14.4. The molecule has 2 aliphatic rings. The number of aliphatic hydroxyl groups is 3.